The lowest BCUT2D eigenvalue weighted by Crippen LogP contribution is -2.64. The molecular formula is C16H31N5O2S. The first-order valence-electron chi connectivity index (χ1n) is 9.13. The van der Waals surface area contributed by atoms with Crippen molar-refractivity contribution in [1.29, 1.82) is 0 Å². The van der Waals surface area contributed by atoms with Crippen LogP contribution in [0.5, 0.6) is 0 Å². The van der Waals surface area contributed by atoms with Gasteiger partial charge in [-0.25, -0.2) is 8.42 Å². The van der Waals surface area contributed by atoms with Crippen LogP contribution in [-0.2, 0) is 9.84 Å². The molecule has 2 unspecified atom stereocenters. The van der Waals surface area contributed by atoms with Crippen molar-refractivity contribution in [2.75, 3.05) is 57.3 Å². The van der Waals surface area contributed by atoms with Crippen LogP contribution >= 0.6 is 0 Å². The Kier molecular flexibility index (Phi) is 5.66. The van der Waals surface area contributed by atoms with Gasteiger partial charge in [-0.2, -0.15) is 0 Å². The number of fused-ring (bicyclic) bond motifs is 3. The SMILES string of the molecule is CC(C)NC(=NCC1CCS(=O)(=O)C1)NCC1CN2CCN1CC2. The maximum absolute atomic E-state index is 11.6. The molecule has 2 atom stereocenters. The molecule has 0 aromatic carbocycles. The van der Waals surface area contributed by atoms with E-state index in [-0.39, 0.29) is 11.7 Å². The Morgan fingerprint density at radius 1 is 1.25 bits per heavy atom. The Morgan fingerprint density at radius 3 is 2.54 bits per heavy atom. The number of guanidine groups is 1. The van der Waals surface area contributed by atoms with E-state index in [0.29, 0.717) is 24.4 Å². The molecule has 2 N–H and O–H groups in total. The molecule has 4 fully saturated rings. The van der Waals surface area contributed by atoms with Crippen LogP contribution in [0.25, 0.3) is 0 Å². The van der Waals surface area contributed by atoms with Gasteiger partial charge in [0, 0.05) is 57.9 Å². The van der Waals surface area contributed by atoms with Gasteiger partial charge in [0.15, 0.2) is 15.8 Å². The molecule has 4 aliphatic heterocycles. The summed E-state index contributed by atoms with van der Waals surface area (Å²) in [6.45, 7) is 11.5. The number of sulfone groups is 1. The van der Waals surface area contributed by atoms with E-state index >= 15 is 0 Å². The van der Waals surface area contributed by atoms with Gasteiger partial charge < -0.3 is 10.6 Å². The fraction of sp³-hybridized carbons (Fsp3) is 0.938. The maximum atomic E-state index is 11.6. The molecule has 4 rings (SSSR count). The van der Waals surface area contributed by atoms with E-state index in [4.69, 9.17) is 0 Å². The van der Waals surface area contributed by atoms with Gasteiger partial charge in [0.05, 0.1) is 11.5 Å². The van der Waals surface area contributed by atoms with Crippen LogP contribution in [0.3, 0.4) is 0 Å². The summed E-state index contributed by atoms with van der Waals surface area (Å²) >= 11 is 0. The highest BCUT2D eigenvalue weighted by atomic mass is 32.2. The van der Waals surface area contributed by atoms with E-state index in [1.54, 1.807) is 0 Å². The largest absolute Gasteiger partial charge is 0.355 e. The number of hydrogen-bond acceptors (Lipinski definition) is 5. The number of rotatable bonds is 5. The van der Waals surface area contributed by atoms with E-state index in [2.05, 4.69) is 39.3 Å². The fourth-order valence-electron chi connectivity index (χ4n) is 3.80. The molecule has 2 bridgehead atoms. The molecular weight excluding hydrogens is 326 g/mol. The van der Waals surface area contributed by atoms with Crippen molar-refractivity contribution in [3.63, 3.8) is 0 Å². The molecule has 8 heteroatoms. The molecule has 0 spiro atoms. The first-order chi connectivity index (χ1) is 11.4. The highest BCUT2D eigenvalue weighted by Crippen LogP contribution is 2.18. The molecule has 4 saturated heterocycles. The third-order valence-electron chi connectivity index (χ3n) is 5.16. The van der Waals surface area contributed by atoms with E-state index in [1.807, 2.05) is 0 Å². The summed E-state index contributed by atoms with van der Waals surface area (Å²) in [5.74, 6) is 1.59. The number of nitrogens with zero attached hydrogens (tertiary/aromatic N) is 3. The van der Waals surface area contributed by atoms with E-state index < -0.39 is 9.84 Å². The average molecular weight is 358 g/mol. The highest BCUT2D eigenvalue weighted by molar-refractivity contribution is 7.91. The third kappa shape index (κ3) is 4.83. The zero-order valence-corrected chi connectivity index (χ0v) is 15.7. The van der Waals surface area contributed by atoms with Gasteiger partial charge in [0.25, 0.3) is 0 Å². The zero-order valence-electron chi connectivity index (χ0n) is 14.9. The summed E-state index contributed by atoms with van der Waals surface area (Å²) in [4.78, 5) is 9.75. The number of piperazine rings is 3. The van der Waals surface area contributed by atoms with Gasteiger partial charge >= 0.3 is 0 Å². The van der Waals surface area contributed by atoms with Crippen LogP contribution < -0.4 is 10.6 Å². The van der Waals surface area contributed by atoms with Crippen LogP contribution in [0, 0.1) is 5.92 Å². The molecule has 0 aromatic heterocycles. The summed E-state index contributed by atoms with van der Waals surface area (Å²) in [7, 11) is -2.82. The van der Waals surface area contributed by atoms with Crippen molar-refractivity contribution in [2.45, 2.75) is 32.4 Å². The Morgan fingerprint density at radius 2 is 2.00 bits per heavy atom. The molecule has 138 valence electrons. The van der Waals surface area contributed by atoms with Crippen LogP contribution in [-0.4, -0.2) is 93.6 Å². The molecule has 0 radical (unpaired) electrons. The highest BCUT2D eigenvalue weighted by Gasteiger charge is 2.32. The molecule has 7 nitrogen and oxygen atoms in total. The molecule has 0 aliphatic carbocycles. The van der Waals surface area contributed by atoms with Gasteiger partial charge in [0.2, 0.25) is 0 Å². The molecule has 24 heavy (non-hydrogen) atoms. The van der Waals surface area contributed by atoms with E-state index in [9.17, 15) is 8.42 Å². The zero-order chi connectivity index (χ0) is 17.2. The van der Waals surface area contributed by atoms with Crippen LogP contribution in [0.4, 0.5) is 0 Å². The van der Waals surface area contributed by atoms with Gasteiger partial charge in [-0.15, -0.1) is 0 Å². The number of nitrogens with one attached hydrogen (secondary N) is 2. The van der Waals surface area contributed by atoms with Crippen molar-refractivity contribution in [2.24, 2.45) is 10.9 Å². The minimum absolute atomic E-state index is 0.168. The van der Waals surface area contributed by atoms with Gasteiger partial charge in [-0.1, -0.05) is 0 Å². The third-order valence-corrected chi connectivity index (χ3v) is 6.99. The molecule has 0 aromatic rings. The minimum atomic E-state index is -2.82. The van der Waals surface area contributed by atoms with Gasteiger partial charge in [-0.05, 0) is 26.2 Å². The summed E-state index contributed by atoms with van der Waals surface area (Å²) in [6, 6.07) is 0.842. The lowest BCUT2D eigenvalue weighted by molar-refractivity contribution is 0.0154. The van der Waals surface area contributed by atoms with Crippen molar-refractivity contribution < 1.29 is 8.42 Å². The molecule has 0 amide bonds. The first-order valence-corrected chi connectivity index (χ1v) is 10.9. The fourth-order valence-corrected chi connectivity index (χ4v) is 5.64. The normalized spacial score (nSPS) is 35.4. The predicted octanol–water partition coefficient (Wildman–Crippen LogP) is -0.635. The summed E-state index contributed by atoms with van der Waals surface area (Å²) in [5, 5.41) is 6.84. The molecule has 4 heterocycles. The topological polar surface area (TPSA) is 77.0 Å². The van der Waals surface area contributed by atoms with Crippen LogP contribution in [0.15, 0.2) is 4.99 Å². The van der Waals surface area contributed by atoms with Gasteiger partial charge in [0.1, 0.15) is 0 Å². The Hall–Kier alpha value is -0.860. The molecule has 0 saturated carbocycles. The summed E-state index contributed by atoms with van der Waals surface area (Å²) < 4.78 is 23.2. The minimum Gasteiger partial charge on any atom is -0.355 e. The molecule has 4 aliphatic rings. The number of hydrogen-bond donors (Lipinski definition) is 2. The summed E-state index contributed by atoms with van der Waals surface area (Å²) in [6.07, 6.45) is 0.742. The Labute approximate surface area is 145 Å². The second-order valence-electron chi connectivity index (χ2n) is 7.63. The Balaban J connectivity index is 1.52. The standard InChI is InChI=1S/C16H31N5O2S/c1-13(2)19-16(17-9-14-3-8-24(22,23)12-14)18-10-15-11-20-4-6-21(15)7-5-20/h13-15H,3-12H2,1-2H3,(H2,17,18,19). The van der Waals surface area contributed by atoms with Crippen molar-refractivity contribution >= 4 is 15.8 Å². The first kappa shape index (κ1) is 17.9. The predicted molar refractivity (Wildman–Crippen MR) is 97.1 cm³/mol. The average Bonchev–Trinajstić information content (AvgIpc) is 2.90. The smallest absolute Gasteiger partial charge is 0.191 e. The lowest BCUT2D eigenvalue weighted by Gasteiger charge is -2.47. The Bertz CT molecular complexity index is 555. The van der Waals surface area contributed by atoms with Gasteiger partial charge in [-0.3, -0.25) is 14.8 Å². The quantitative estimate of drug-likeness (QED) is 0.504. The monoisotopic (exact) mass is 357 g/mol. The number of aliphatic imine (C=N–C) groups is 1. The van der Waals surface area contributed by atoms with E-state index in [1.165, 1.54) is 13.1 Å². The second-order valence-corrected chi connectivity index (χ2v) is 9.86. The van der Waals surface area contributed by atoms with Crippen molar-refractivity contribution in [3.05, 3.63) is 0 Å². The maximum Gasteiger partial charge on any atom is 0.191 e. The van der Waals surface area contributed by atoms with Crippen LogP contribution in [0.1, 0.15) is 20.3 Å². The van der Waals surface area contributed by atoms with Crippen molar-refractivity contribution in [3.8, 4) is 0 Å². The second kappa shape index (κ2) is 7.58. The van der Waals surface area contributed by atoms with Crippen molar-refractivity contribution in [1.82, 2.24) is 20.4 Å². The summed E-state index contributed by atoms with van der Waals surface area (Å²) in [5.41, 5.74) is 0. The van der Waals surface area contributed by atoms with Crippen LogP contribution in [0.2, 0.25) is 0 Å². The lowest BCUT2D eigenvalue weighted by atomic mass is 10.1. The van der Waals surface area contributed by atoms with E-state index in [0.717, 1.165) is 38.6 Å².